The first-order chi connectivity index (χ1) is 17.3. The molecule has 3 aromatic rings. The van der Waals surface area contributed by atoms with Crippen LogP contribution in [0.4, 0.5) is 5.69 Å². The second-order valence-corrected chi connectivity index (χ2v) is 9.13. The van der Waals surface area contributed by atoms with E-state index in [1.165, 1.54) is 12.1 Å². The highest BCUT2D eigenvalue weighted by Crippen LogP contribution is 2.27. The Morgan fingerprint density at radius 1 is 1.00 bits per heavy atom. The topological polar surface area (TPSA) is 127 Å². The zero-order chi connectivity index (χ0) is 26.3. The molecule has 0 unspecified atom stereocenters. The number of nitro benzene ring substituents is 1. The van der Waals surface area contributed by atoms with Crippen molar-refractivity contribution in [3.63, 3.8) is 0 Å². The number of carbonyl (C=O) groups is 1. The second-order valence-electron chi connectivity index (χ2n) is 7.52. The number of halogens is 1. The van der Waals surface area contributed by atoms with Gasteiger partial charge in [0.05, 0.1) is 11.5 Å². The van der Waals surface area contributed by atoms with Crippen LogP contribution in [0.15, 0.2) is 93.8 Å². The van der Waals surface area contributed by atoms with E-state index in [9.17, 15) is 23.3 Å². The van der Waals surface area contributed by atoms with Crippen molar-refractivity contribution in [2.24, 2.45) is 4.36 Å². The molecule has 0 radical (unpaired) electrons. The van der Waals surface area contributed by atoms with Gasteiger partial charge >= 0.3 is 16.5 Å². The van der Waals surface area contributed by atoms with Crippen LogP contribution in [0.25, 0.3) is 5.57 Å². The third kappa shape index (κ3) is 10.7. The summed E-state index contributed by atoms with van der Waals surface area (Å²) in [5, 5.41) is 18.8. The molecule has 8 nitrogen and oxygen atoms in total. The van der Waals surface area contributed by atoms with Gasteiger partial charge in [0.15, 0.2) is 0 Å². The molecule has 0 aliphatic heterocycles. The minimum absolute atomic E-state index is 0.137. The fourth-order valence-corrected chi connectivity index (χ4v) is 3.85. The van der Waals surface area contributed by atoms with Crippen molar-refractivity contribution in [2.45, 2.75) is 25.7 Å². The maximum atomic E-state index is 10.7. The number of aliphatic carboxylic acids is 1. The van der Waals surface area contributed by atoms with E-state index in [0.717, 1.165) is 26.7 Å². The number of non-ortho nitro benzene ring substituents is 1. The number of nitrogens with zero attached hydrogens (tertiary/aromatic N) is 2. The number of rotatable bonds is 10. The lowest BCUT2D eigenvalue weighted by Gasteiger charge is -2.10. The highest BCUT2D eigenvalue weighted by molar-refractivity contribution is 9.10. The Bertz CT molecular complexity index is 1320. The van der Waals surface area contributed by atoms with Crippen molar-refractivity contribution < 1.29 is 23.2 Å². The van der Waals surface area contributed by atoms with Gasteiger partial charge in [-0.3, -0.25) is 14.9 Å². The van der Waals surface area contributed by atoms with Crippen LogP contribution in [-0.2, 0) is 21.7 Å². The quantitative estimate of drug-likeness (QED) is 0.171. The normalized spacial score (nSPS) is 10.6. The van der Waals surface area contributed by atoms with Crippen molar-refractivity contribution in [1.82, 2.24) is 0 Å². The molecule has 0 spiro atoms. The van der Waals surface area contributed by atoms with E-state index in [1.807, 2.05) is 48.5 Å². The first-order valence-corrected chi connectivity index (χ1v) is 12.8. The number of hydrogen-bond acceptors (Lipinski definition) is 6. The summed E-state index contributed by atoms with van der Waals surface area (Å²) in [6.07, 6.45) is 4.02. The summed E-state index contributed by atoms with van der Waals surface area (Å²) in [6.45, 7) is 0.235. The van der Waals surface area contributed by atoms with Gasteiger partial charge in [-0.1, -0.05) is 76.6 Å². The average molecular weight is 573 g/mol. The second kappa shape index (κ2) is 15.4. The molecule has 0 heterocycles. The van der Waals surface area contributed by atoms with E-state index in [0.29, 0.717) is 19.3 Å². The fourth-order valence-electron chi connectivity index (χ4n) is 3.21. The van der Waals surface area contributed by atoms with E-state index >= 15 is 0 Å². The predicted molar refractivity (Wildman–Crippen MR) is 142 cm³/mol. The molecule has 0 atom stereocenters. The highest BCUT2D eigenvalue weighted by Gasteiger charge is 2.07. The molecular weight excluding hydrogens is 548 g/mol. The fraction of sp³-hybridized carbons (Fsp3) is 0.192. The largest absolute Gasteiger partial charge is 0.481 e. The molecule has 3 rings (SSSR count). The van der Waals surface area contributed by atoms with Crippen molar-refractivity contribution >= 4 is 43.7 Å². The summed E-state index contributed by atoms with van der Waals surface area (Å²) in [5.74, 6) is -0.791. The number of benzene rings is 3. The minimum atomic E-state index is -2.37. The van der Waals surface area contributed by atoms with Gasteiger partial charge in [-0.2, -0.15) is 12.8 Å². The standard InChI is InChI=1S/C20H20BrNO4S.C6H5NO2/c21-18-5-3-4-17(14-18)19(6-1-2-7-20(23)24)16-10-8-15(9-11-16)12-13-22-27(25)26;8-7(9)6-4-2-1-3-5-6/h3-6,8-11,14H,1-2,7,12-13H2,(H,23,24);1-5H/b19-6+;. The molecule has 0 aromatic heterocycles. The first-order valence-electron chi connectivity index (χ1n) is 11.0. The number of allylic oxidation sites excluding steroid dienone is 1. The number of carboxylic acids is 1. The molecule has 0 bridgehead atoms. The van der Waals surface area contributed by atoms with Gasteiger partial charge in [0.1, 0.15) is 0 Å². The maximum Gasteiger partial charge on any atom is 0.311 e. The summed E-state index contributed by atoms with van der Waals surface area (Å²) in [5.41, 5.74) is 4.25. The van der Waals surface area contributed by atoms with Gasteiger partial charge < -0.3 is 5.11 Å². The predicted octanol–water partition coefficient (Wildman–Crippen LogP) is 6.34. The smallest absolute Gasteiger partial charge is 0.311 e. The first kappa shape index (κ1) is 28.6. The van der Waals surface area contributed by atoms with Crippen LogP contribution in [0.2, 0.25) is 0 Å². The lowest BCUT2D eigenvalue weighted by molar-refractivity contribution is -0.384. The van der Waals surface area contributed by atoms with Gasteiger partial charge in [0.2, 0.25) is 0 Å². The van der Waals surface area contributed by atoms with Gasteiger partial charge in [0, 0.05) is 23.0 Å². The van der Waals surface area contributed by atoms with Crippen molar-refractivity contribution in [3.8, 4) is 0 Å². The number of hydrogen-bond donors (Lipinski definition) is 1. The molecule has 0 aliphatic carbocycles. The highest BCUT2D eigenvalue weighted by atomic mass is 79.9. The van der Waals surface area contributed by atoms with Crippen LogP contribution in [-0.4, -0.2) is 31.0 Å². The summed E-state index contributed by atoms with van der Waals surface area (Å²) in [4.78, 5) is 20.3. The van der Waals surface area contributed by atoms with Gasteiger partial charge in [0.25, 0.3) is 5.69 Å². The lowest BCUT2D eigenvalue weighted by Crippen LogP contribution is -1.94. The Labute approximate surface area is 219 Å². The van der Waals surface area contributed by atoms with Crippen LogP contribution >= 0.6 is 15.9 Å². The molecule has 0 aliphatic rings. The Hall–Kier alpha value is -3.63. The zero-order valence-electron chi connectivity index (χ0n) is 19.3. The third-order valence-electron chi connectivity index (χ3n) is 4.91. The molecule has 10 heteroatoms. The molecule has 0 saturated heterocycles. The van der Waals surface area contributed by atoms with E-state index in [-0.39, 0.29) is 18.7 Å². The van der Waals surface area contributed by atoms with Crippen LogP contribution < -0.4 is 0 Å². The minimum Gasteiger partial charge on any atom is -0.481 e. The van der Waals surface area contributed by atoms with E-state index in [2.05, 4.69) is 26.4 Å². The molecule has 0 saturated carbocycles. The van der Waals surface area contributed by atoms with Crippen LogP contribution in [0.1, 0.15) is 36.0 Å². The van der Waals surface area contributed by atoms with Gasteiger partial charge in [-0.15, -0.1) is 0 Å². The number of para-hydroxylation sites is 1. The molecule has 1 N–H and O–H groups in total. The lowest BCUT2D eigenvalue weighted by atomic mass is 9.95. The summed E-state index contributed by atoms with van der Waals surface area (Å²) < 4.78 is 25.4. The van der Waals surface area contributed by atoms with Crippen molar-refractivity contribution in [3.05, 3.63) is 116 Å². The average Bonchev–Trinajstić information content (AvgIpc) is 2.85. The maximum absolute atomic E-state index is 10.7. The van der Waals surface area contributed by atoms with Crippen molar-refractivity contribution in [2.75, 3.05) is 6.54 Å². The van der Waals surface area contributed by atoms with E-state index < -0.39 is 21.4 Å². The van der Waals surface area contributed by atoms with E-state index in [1.54, 1.807) is 18.2 Å². The molecular formula is C26H25BrN2O6S. The summed E-state index contributed by atoms with van der Waals surface area (Å²) in [7, 11) is -2.37. The number of nitro groups is 1. The van der Waals surface area contributed by atoms with Gasteiger partial charge in [-0.25, -0.2) is 0 Å². The molecule has 3 aromatic carbocycles. The summed E-state index contributed by atoms with van der Waals surface area (Å²) in [6, 6.07) is 23.8. The number of carboxylic acid groups (broad SMARTS) is 1. The molecule has 0 fully saturated rings. The third-order valence-corrected chi connectivity index (χ3v) is 5.79. The summed E-state index contributed by atoms with van der Waals surface area (Å²) >= 11 is 3.49. The molecule has 36 heavy (non-hydrogen) atoms. The molecule has 188 valence electrons. The zero-order valence-corrected chi connectivity index (χ0v) is 21.7. The van der Waals surface area contributed by atoms with Crippen molar-refractivity contribution in [1.29, 1.82) is 0 Å². The molecule has 0 amide bonds. The van der Waals surface area contributed by atoms with E-state index in [4.69, 9.17) is 5.11 Å². The Balaban J connectivity index is 0.000000425. The number of unbranched alkanes of at least 4 members (excludes halogenated alkanes) is 1. The van der Waals surface area contributed by atoms with Crippen LogP contribution in [0.5, 0.6) is 0 Å². The van der Waals surface area contributed by atoms with Crippen LogP contribution in [0, 0.1) is 10.1 Å². The SMILES string of the molecule is O=C(O)CCC/C=C(\c1ccc(CCN=S(=O)=O)cc1)c1cccc(Br)c1.O=[N+]([O-])c1ccccc1. The Morgan fingerprint density at radius 3 is 2.25 bits per heavy atom. The Kier molecular flexibility index (Phi) is 12.2. The van der Waals surface area contributed by atoms with Gasteiger partial charge in [-0.05, 0) is 53.7 Å². The monoisotopic (exact) mass is 572 g/mol. The van der Waals surface area contributed by atoms with Crippen LogP contribution in [0.3, 0.4) is 0 Å². The Morgan fingerprint density at radius 2 is 1.69 bits per heavy atom.